The van der Waals surface area contributed by atoms with Crippen molar-refractivity contribution in [3.63, 3.8) is 0 Å². The van der Waals surface area contributed by atoms with E-state index in [1.807, 2.05) is 45.2 Å². The van der Waals surface area contributed by atoms with Crippen LogP contribution in [0.3, 0.4) is 0 Å². The van der Waals surface area contributed by atoms with Gasteiger partial charge >= 0.3 is 7.32 Å². The molecule has 0 N–H and O–H groups in total. The van der Waals surface area contributed by atoms with E-state index in [1.165, 1.54) is 4.88 Å². The number of rotatable bonds is 3. The van der Waals surface area contributed by atoms with Gasteiger partial charge in [-0.1, -0.05) is 6.07 Å². The Kier molecular flexibility index (Phi) is 3.14. The maximum atomic E-state index is 5.72. The Balaban J connectivity index is 1.90. The summed E-state index contributed by atoms with van der Waals surface area (Å²) in [7, 11) is -0.563. The van der Waals surface area contributed by atoms with Crippen molar-refractivity contribution in [1.82, 2.24) is 0 Å². The summed E-state index contributed by atoms with van der Waals surface area (Å²) in [6, 6.07) is 4.05. The molecule has 1 aliphatic rings. The van der Waals surface area contributed by atoms with Gasteiger partial charge in [0.15, 0.2) is 0 Å². The van der Waals surface area contributed by atoms with Gasteiger partial charge in [0.2, 0.25) is 0 Å². The van der Waals surface area contributed by atoms with Crippen LogP contribution < -0.4 is 0 Å². The Morgan fingerprint density at radius 1 is 1.25 bits per heavy atom. The maximum absolute atomic E-state index is 5.72. The molecule has 3 nitrogen and oxygen atoms in total. The summed E-state index contributed by atoms with van der Waals surface area (Å²) in [4.78, 5) is 1.18. The first-order valence-electron chi connectivity index (χ1n) is 5.40. The molecule has 2 rings (SSSR count). The van der Waals surface area contributed by atoms with Gasteiger partial charge in [-0.2, -0.15) is 0 Å². The van der Waals surface area contributed by atoms with Crippen LogP contribution in [0.2, 0.25) is 0 Å². The van der Waals surface area contributed by atoms with Gasteiger partial charge in [-0.05, 0) is 39.1 Å². The molecular formula is C11H17BO3S. The maximum Gasteiger partial charge on any atom is 0.640 e. The lowest BCUT2D eigenvalue weighted by Gasteiger charge is -2.31. The molecule has 5 heteroatoms. The molecule has 0 aromatic carbocycles. The van der Waals surface area contributed by atoms with Crippen molar-refractivity contribution in [3.8, 4) is 0 Å². The van der Waals surface area contributed by atoms with Gasteiger partial charge in [0.1, 0.15) is 0 Å². The average Bonchev–Trinajstić information content (AvgIpc) is 2.70. The van der Waals surface area contributed by atoms with Crippen LogP contribution in [0.5, 0.6) is 0 Å². The van der Waals surface area contributed by atoms with Crippen molar-refractivity contribution in [2.75, 3.05) is 0 Å². The average molecular weight is 240 g/mol. The Morgan fingerprint density at radius 2 is 1.88 bits per heavy atom. The van der Waals surface area contributed by atoms with Gasteiger partial charge in [0, 0.05) is 4.88 Å². The molecule has 0 aliphatic carbocycles. The Labute approximate surface area is 101 Å². The van der Waals surface area contributed by atoms with Crippen LogP contribution in [0.25, 0.3) is 0 Å². The quantitative estimate of drug-likeness (QED) is 0.760. The first-order valence-corrected chi connectivity index (χ1v) is 6.28. The molecule has 0 unspecified atom stereocenters. The highest BCUT2D eigenvalue weighted by molar-refractivity contribution is 7.09. The minimum atomic E-state index is -0.563. The zero-order valence-electron chi connectivity index (χ0n) is 10.1. The first kappa shape index (κ1) is 12.1. The van der Waals surface area contributed by atoms with Gasteiger partial charge < -0.3 is 14.0 Å². The Bertz CT molecular complexity index is 332. The summed E-state index contributed by atoms with van der Waals surface area (Å²) in [5, 5.41) is 2.03. The van der Waals surface area contributed by atoms with Crippen LogP contribution in [0, 0.1) is 0 Å². The SMILES string of the molecule is CC1(C)OB(OCc2cccs2)OC1(C)C. The van der Waals surface area contributed by atoms with E-state index in [2.05, 4.69) is 0 Å². The second-order valence-electron chi connectivity index (χ2n) is 4.94. The van der Waals surface area contributed by atoms with E-state index >= 15 is 0 Å². The lowest BCUT2D eigenvalue weighted by molar-refractivity contribution is 0.00578. The number of hydrogen-bond acceptors (Lipinski definition) is 4. The molecule has 0 bridgehead atoms. The lowest BCUT2D eigenvalue weighted by atomic mass is 9.90. The standard InChI is InChI=1S/C11H17BO3S/c1-10(2)11(3,4)15-12(14-10)13-8-9-6-5-7-16-9/h5-7H,8H2,1-4H3. The summed E-state index contributed by atoms with van der Waals surface area (Å²) in [6.07, 6.45) is 0. The van der Waals surface area contributed by atoms with E-state index in [1.54, 1.807) is 11.3 Å². The van der Waals surface area contributed by atoms with Crippen molar-refractivity contribution in [1.29, 1.82) is 0 Å². The topological polar surface area (TPSA) is 27.7 Å². The minimum absolute atomic E-state index is 0.326. The molecule has 1 aliphatic heterocycles. The van der Waals surface area contributed by atoms with Gasteiger partial charge in [-0.3, -0.25) is 0 Å². The molecule has 0 amide bonds. The molecule has 0 atom stereocenters. The molecule has 1 aromatic heterocycles. The smallest absolute Gasteiger partial charge is 0.381 e. The summed E-state index contributed by atoms with van der Waals surface area (Å²) in [5.74, 6) is 0. The summed E-state index contributed by atoms with van der Waals surface area (Å²) < 4.78 is 17.0. The van der Waals surface area contributed by atoms with Gasteiger partial charge in [0.05, 0.1) is 17.8 Å². The third-order valence-electron chi connectivity index (χ3n) is 3.17. The van der Waals surface area contributed by atoms with Crippen LogP contribution in [0.15, 0.2) is 17.5 Å². The number of hydrogen-bond donors (Lipinski definition) is 0. The molecule has 2 heterocycles. The van der Waals surface area contributed by atoms with Crippen molar-refractivity contribution in [3.05, 3.63) is 22.4 Å². The first-order chi connectivity index (χ1) is 7.41. The zero-order chi connectivity index (χ0) is 11.8. The second-order valence-corrected chi connectivity index (χ2v) is 5.97. The van der Waals surface area contributed by atoms with E-state index in [4.69, 9.17) is 14.0 Å². The van der Waals surface area contributed by atoms with Crippen molar-refractivity contribution in [2.45, 2.75) is 45.5 Å². The van der Waals surface area contributed by atoms with E-state index in [-0.39, 0.29) is 11.2 Å². The van der Waals surface area contributed by atoms with Crippen molar-refractivity contribution < 1.29 is 14.0 Å². The van der Waals surface area contributed by atoms with E-state index in [0.717, 1.165) is 0 Å². The van der Waals surface area contributed by atoms with Crippen molar-refractivity contribution in [2.24, 2.45) is 0 Å². The third kappa shape index (κ3) is 2.32. The van der Waals surface area contributed by atoms with Crippen LogP contribution in [0.1, 0.15) is 32.6 Å². The molecule has 16 heavy (non-hydrogen) atoms. The third-order valence-corrected chi connectivity index (χ3v) is 4.02. The minimum Gasteiger partial charge on any atom is -0.381 e. The predicted octanol–water partition coefficient (Wildman–Crippen LogP) is 2.85. The molecule has 0 radical (unpaired) electrons. The molecule has 0 spiro atoms. The highest BCUT2D eigenvalue weighted by Crippen LogP contribution is 2.37. The Hall–Kier alpha value is -0.355. The fourth-order valence-corrected chi connectivity index (χ4v) is 2.03. The Morgan fingerprint density at radius 3 is 2.38 bits per heavy atom. The van der Waals surface area contributed by atoms with E-state index < -0.39 is 7.32 Å². The fourth-order valence-electron chi connectivity index (χ4n) is 1.40. The lowest BCUT2D eigenvalue weighted by Crippen LogP contribution is -2.41. The molecule has 1 fully saturated rings. The molecule has 0 saturated carbocycles. The second kappa shape index (κ2) is 4.15. The van der Waals surface area contributed by atoms with Crippen LogP contribution in [-0.4, -0.2) is 18.5 Å². The fraction of sp³-hybridized carbons (Fsp3) is 0.636. The molecule has 88 valence electrons. The monoisotopic (exact) mass is 240 g/mol. The highest BCUT2D eigenvalue weighted by atomic mass is 32.1. The van der Waals surface area contributed by atoms with Crippen LogP contribution in [-0.2, 0) is 20.6 Å². The summed E-state index contributed by atoms with van der Waals surface area (Å²) >= 11 is 1.67. The summed E-state index contributed by atoms with van der Waals surface area (Å²) in [5.41, 5.74) is -0.653. The molecular weight excluding hydrogens is 223 g/mol. The van der Waals surface area contributed by atoms with Crippen LogP contribution in [0.4, 0.5) is 0 Å². The van der Waals surface area contributed by atoms with Crippen LogP contribution >= 0.6 is 11.3 Å². The largest absolute Gasteiger partial charge is 0.640 e. The van der Waals surface area contributed by atoms with E-state index in [0.29, 0.717) is 6.61 Å². The highest BCUT2D eigenvalue weighted by Gasteiger charge is 2.52. The number of thiophene rings is 1. The van der Waals surface area contributed by atoms with Gasteiger partial charge in [-0.15, -0.1) is 11.3 Å². The van der Waals surface area contributed by atoms with Gasteiger partial charge in [0.25, 0.3) is 0 Å². The molecule has 1 aromatic rings. The molecule has 1 saturated heterocycles. The normalized spacial score (nSPS) is 22.6. The summed E-state index contributed by atoms with van der Waals surface area (Å²) in [6.45, 7) is 8.60. The zero-order valence-corrected chi connectivity index (χ0v) is 11.0. The van der Waals surface area contributed by atoms with Gasteiger partial charge in [-0.25, -0.2) is 0 Å². The van der Waals surface area contributed by atoms with Crippen molar-refractivity contribution >= 4 is 18.7 Å². The van der Waals surface area contributed by atoms with E-state index in [9.17, 15) is 0 Å². The predicted molar refractivity (Wildman–Crippen MR) is 65.2 cm³/mol.